The lowest BCUT2D eigenvalue weighted by Gasteiger charge is -2.07. The van der Waals surface area contributed by atoms with E-state index in [1.54, 1.807) is 30.3 Å². The third-order valence-electron chi connectivity index (χ3n) is 3.67. The minimum absolute atomic E-state index is 0.257. The first-order valence-electron chi connectivity index (χ1n) is 8.20. The van der Waals surface area contributed by atoms with Crippen molar-refractivity contribution in [2.24, 2.45) is 0 Å². The number of hydrogen-bond acceptors (Lipinski definition) is 2. The van der Waals surface area contributed by atoms with Crippen LogP contribution in [0.5, 0.6) is 5.75 Å². The molecule has 0 bridgehead atoms. The highest BCUT2D eigenvalue weighted by atomic mass is 19.1. The van der Waals surface area contributed by atoms with Crippen LogP contribution in [-0.2, 0) is 11.4 Å². The zero-order chi connectivity index (χ0) is 18.2. The second kappa shape index (κ2) is 8.62. The molecule has 3 aromatic rings. The van der Waals surface area contributed by atoms with Gasteiger partial charge in [-0.1, -0.05) is 42.5 Å². The number of ether oxygens (including phenoxy) is 1. The molecule has 0 spiro atoms. The van der Waals surface area contributed by atoms with E-state index in [2.05, 4.69) is 5.32 Å². The molecular formula is C22H18FNO2. The van der Waals surface area contributed by atoms with Gasteiger partial charge >= 0.3 is 0 Å². The number of rotatable bonds is 6. The molecule has 0 aliphatic heterocycles. The Morgan fingerprint density at radius 3 is 2.31 bits per heavy atom. The van der Waals surface area contributed by atoms with Gasteiger partial charge in [0.2, 0.25) is 5.91 Å². The van der Waals surface area contributed by atoms with Crippen LogP contribution in [0.2, 0.25) is 0 Å². The maximum atomic E-state index is 12.8. The normalized spacial score (nSPS) is 10.7. The Balaban J connectivity index is 1.51. The second-order valence-electron chi connectivity index (χ2n) is 5.67. The molecule has 0 unspecified atom stereocenters. The Kier molecular flexibility index (Phi) is 5.78. The first-order chi connectivity index (χ1) is 12.7. The van der Waals surface area contributed by atoms with Gasteiger partial charge in [0.1, 0.15) is 18.2 Å². The number of nitrogens with one attached hydrogen (secondary N) is 1. The quantitative estimate of drug-likeness (QED) is 0.633. The highest BCUT2D eigenvalue weighted by Gasteiger charge is 2.00. The van der Waals surface area contributed by atoms with E-state index in [9.17, 15) is 9.18 Å². The van der Waals surface area contributed by atoms with Crippen molar-refractivity contribution in [2.45, 2.75) is 6.61 Å². The Morgan fingerprint density at radius 2 is 1.62 bits per heavy atom. The predicted molar refractivity (Wildman–Crippen MR) is 101 cm³/mol. The van der Waals surface area contributed by atoms with Gasteiger partial charge in [-0.25, -0.2) is 4.39 Å². The van der Waals surface area contributed by atoms with E-state index in [1.807, 2.05) is 42.5 Å². The van der Waals surface area contributed by atoms with Crippen molar-refractivity contribution >= 4 is 17.7 Å². The van der Waals surface area contributed by atoms with Crippen LogP contribution in [0.3, 0.4) is 0 Å². The van der Waals surface area contributed by atoms with E-state index in [0.29, 0.717) is 12.3 Å². The molecule has 0 saturated heterocycles. The summed E-state index contributed by atoms with van der Waals surface area (Å²) >= 11 is 0. The Labute approximate surface area is 151 Å². The van der Waals surface area contributed by atoms with Gasteiger partial charge in [0, 0.05) is 11.8 Å². The van der Waals surface area contributed by atoms with Crippen LogP contribution in [-0.4, -0.2) is 5.91 Å². The Bertz CT molecular complexity index is 872. The molecule has 4 heteroatoms. The maximum absolute atomic E-state index is 12.8. The van der Waals surface area contributed by atoms with E-state index in [1.165, 1.54) is 18.2 Å². The summed E-state index contributed by atoms with van der Waals surface area (Å²) < 4.78 is 18.6. The number of benzene rings is 3. The number of carbonyl (C=O) groups is 1. The number of amides is 1. The molecular weight excluding hydrogens is 329 g/mol. The van der Waals surface area contributed by atoms with Gasteiger partial charge in [-0.2, -0.15) is 0 Å². The third-order valence-corrected chi connectivity index (χ3v) is 3.67. The molecule has 3 aromatic carbocycles. The molecule has 0 aliphatic carbocycles. The zero-order valence-corrected chi connectivity index (χ0v) is 14.1. The third kappa shape index (κ3) is 5.31. The first-order valence-corrected chi connectivity index (χ1v) is 8.20. The number of halogens is 1. The summed E-state index contributed by atoms with van der Waals surface area (Å²) in [6, 6.07) is 23.0. The lowest BCUT2D eigenvalue weighted by atomic mass is 10.2. The molecule has 0 aromatic heterocycles. The molecule has 1 N–H and O–H groups in total. The van der Waals surface area contributed by atoms with Crippen LogP contribution in [0, 0.1) is 5.82 Å². The first kappa shape index (κ1) is 17.4. The topological polar surface area (TPSA) is 38.3 Å². The van der Waals surface area contributed by atoms with Gasteiger partial charge in [-0.15, -0.1) is 0 Å². The van der Waals surface area contributed by atoms with E-state index in [4.69, 9.17) is 4.74 Å². The van der Waals surface area contributed by atoms with E-state index in [0.717, 1.165) is 16.9 Å². The van der Waals surface area contributed by atoms with Crippen molar-refractivity contribution in [3.8, 4) is 5.75 Å². The molecule has 0 saturated carbocycles. The van der Waals surface area contributed by atoms with Gasteiger partial charge in [0.15, 0.2) is 0 Å². The minimum atomic E-state index is -0.304. The fraction of sp³-hybridized carbons (Fsp3) is 0.0455. The van der Waals surface area contributed by atoms with Crippen LogP contribution in [0.4, 0.5) is 10.1 Å². The second-order valence-corrected chi connectivity index (χ2v) is 5.67. The lowest BCUT2D eigenvalue weighted by Crippen LogP contribution is -2.07. The summed E-state index contributed by atoms with van der Waals surface area (Å²) in [5, 5.41) is 2.77. The SMILES string of the molecule is O=C(/C=C/c1ccc(F)cc1)Nc1ccc(OCc2ccccc2)cc1. The van der Waals surface area contributed by atoms with Crippen molar-refractivity contribution in [1.82, 2.24) is 0 Å². The summed E-state index contributed by atoms with van der Waals surface area (Å²) in [6.07, 6.45) is 3.04. The summed E-state index contributed by atoms with van der Waals surface area (Å²) in [7, 11) is 0. The zero-order valence-electron chi connectivity index (χ0n) is 14.1. The average molecular weight is 347 g/mol. The highest BCUT2D eigenvalue weighted by molar-refractivity contribution is 6.01. The molecule has 0 fully saturated rings. The van der Waals surface area contributed by atoms with Crippen LogP contribution in [0.25, 0.3) is 6.08 Å². The van der Waals surface area contributed by atoms with Gasteiger partial charge in [-0.05, 0) is 53.6 Å². The summed E-state index contributed by atoms with van der Waals surface area (Å²) in [5.41, 5.74) is 2.52. The van der Waals surface area contributed by atoms with Crippen molar-refractivity contribution in [2.75, 3.05) is 5.32 Å². The summed E-state index contributed by atoms with van der Waals surface area (Å²) in [5.74, 6) is 0.169. The molecule has 26 heavy (non-hydrogen) atoms. The maximum Gasteiger partial charge on any atom is 0.248 e. The smallest absolute Gasteiger partial charge is 0.248 e. The minimum Gasteiger partial charge on any atom is -0.489 e. The van der Waals surface area contributed by atoms with Crippen molar-refractivity contribution in [3.05, 3.63) is 102 Å². The van der Waals surface area contributed by atoms with Crippen LogP contribution < -0.4 is 10.1 Å². The molecule has 0 heterocycles. The number of hydrogen-bond donors (Lipinski definition) is 1. The molecule has 3 nitrogen and oxygen atoms in total. The van der Waals surface area contributed by atoms with Gasteiger partial charge in [0.05, 0.1) is 0 Å². The standard InChI is InChI=1S/C22H18FNO2/c23-19-9-6-17(7-10-19)8-15-22(25)24-20-11-13-21(14-12-20)26-16-18-4-2-1-3-5-18/h1-15H,16H2,(H,24,25)/b15-8+. The van der Waals surface area contributed by atoms with E-state index < -0.39 is 0 Å². The molecule has 0 atom stereocenters. The Morgan fingerprint density at radius 1 is 0.923 bits per heavy atom. The van der Waals surface area contributed by atoms with Crippen LogP contribution in [0.1, 0.15) is 11.1 Å². The fourth-order valence-electron chi connectivity index (χ4n) is 2.31. The van der Waals surface area contributed by atoms with Crippen LogP contribution >= 0.6 is 0 Å². The highest BCUT2D eigenvalue weighted by Crippen LogP contribution is 2.17. The summed E-state index contributed by atoms with van der Waals surface area (Å²) in [6.45, 7) is 0.493. The molecule has 130 valence electrons. The van der Waals surface area contributed by atoms with Gasteiger partial charge < -0.3 is 10.1 Å². The van der Waals surface area contributed by atoms with Crippen LogP contribution in [0.15, 0.2) is 84.9 Å². The Hall–Kier alpha value is -3.40. The molecule has 0 aliphatic rings. The van der Waals surface area contributed by atoms with E-state index in [-0.39, 0.29) is 11.7 Å². The van der Waals surface area contributed by atoms with Crippen molar-refractivity contribution < 1.29 is 13.9 Å². The van der Waals surface area contributed by atoms with E-state index >= 15 is 0 Å². The fourth-order valence-corrected chi connectivity index (χ4v) is 2.31. The number of carbonyl (C=O) groups excluding carboxylic acids is 1. The van der Waals surface area contributed by atoms with Crippen molar-refractivity contribution in [3.63, 3.8) is 0 Å². The monoisotopic (exact) mass is 347 g/mol. The van der Waals surface area contributed by atoms with Gasteiger partial charge in [-0.3, -0.25) is 4.79 Å². The van der Waals surface area contributed by atoms with Gasteiger partial charge in [0.25, 0.3) is 0 Å². The largest absolute Gasteiger partial charge is 0.489 e. The summed E-state index contributed by atoms with van der Waals surface area (Å²) in [4.78, 5) is 11.9. The molecule has 0 radical (unpaired) electrons. The lowest BCUT2D eigenvalue weighted by molar-refractivity contribution is -0.111. The molecule has 1 amide bonds. The molecule has 3 rings (SSSR count). The predicted octanol–water partition coefficient (Wildman–Crippen LogP) is 5.06. The number of anilines is 1. The average Bonchev–Trinajstić information content (AvgIpc) is 2.68. The van der Waals surface area contributed by atoms with Crippen molar-refractivity contribution in [1.29, 1.82) is 0 Å².